The average Bonchev–Trinajstić information content (AvgIpc) is 3.20. The molecule has 1 atom stereocenters. The Kier molecular flexibility index (Phi) is 4.72. The normalized spacial score (nSPS) is 16.6. The lowest BCUT2D eigenvalue weighted by atomic mass is 10.0. The van der Waals surface area contributed by atoms with E-state index in [4.69, 9.17) is 9.68 Å². The summed E-state index contributed by atoms with van der Waals surface area (Å²) >= 11 is 0. The van der Waals surface area contributed by atoms with Crippen LogP contribution in [0.15, 0.2) is 47.1 Å². The van der Waals surface area contributed by atoms with Crippen LogP contribution in [0.1, 0.15) is 25.5 Å². The number of aromatic nitrogens is 3. The van der Waals surface area contributed by atoms with Gasteiger partial charge in [0.05, 0.1) is 12.2 Å². The van der Waals surface area contributed by atoms with Crippen molar-refractivity contribution < 1.29 is 9.21 Å². The molecule has 28 heavy (non-hydrogen) atoms. The highest BCUT2D eigenvalue weighted by Gasteiger charge is 2.28. The molecule has 4 rings (SSSR count). The van der Waals surface area contributed by atoms with Gasteiger partial charge in [0.15, 0.2) is 11.5 Å². The van der Waals surface area contributed by atoms with E-state index in [9.17, 15) is 4.79 Å². The summed E-state index contributed by atoms with van der Waals surface area (Å²) in [5.74, 6) is 1.16. The fourth-order valence-electron chi connectivity index (χ4n) is 3.15. The van der Waals surface area contributed by atoms with Gasteiger partial charge in [-0.15, -0.1) is 0 Å². The first kappa shape index (κ1) is 17.7. The minimum absolute atomic E-state index is 0.205. The molecule has 3 aromatic rings. The van der Waals surface area contributed by atoms with Crippen molar-refractivity contribution in [3.8, 4) is 17.4 Å². The monoisotopic (exact) mass is 374 g/mol. The Balaban J connectivity index is 1.56. The van der Waals surface area contributed by atoms with Crippen LogP contribution >= 0.6 is 0 Å². The predicted octanol–water partition coefficient (Wildman–Crippen LogP) is 3.30. The van der Waals surface area contributed by atoms with Crippen molar-refractivity contribution in [2.24, 2.45) is 0 Å². The lowest BCUT2D eigenvalue weighted by Crippen LogP contribution is -2.44. The molecular formula is C20H18N6O2. The lowest BCUT2D eigenvalue weighted by molar-refractivity contribution is -0.121. The Morgan fingerprint density at radius 2 is 2.21 bits per heavy atom. The van der Waals surface area contributed by atoms with E-state index in [0.717, 1.165) is 24.2 Å². The van der Waals surface area contributed by atoms with E-state index in [-0.39, 0.29) is 11.8 Å². The Morgan fingerprint density at radius 1 is 1.32 bits per heavy atom. The highest BCUT2D eigenvalue weighted by molar-refractivity contribution is 5.87. The second kappa shape index (κ2) is 7.48. The summed E-state index contributed by atoms with van der Waals surface area (Å²) < 4.78 is 5.93. The molecule has 0 bridgehead atoms. The number of nitriles is 1. The third-order valence-corrected chi connectivity index (χ3v) is 4.67. The molecule has 1 fully saturated rings. The summed E-state index contributed by atoms with van der Waals surface area (Å²) in [7, 11) is 0. The molecule has 0 spiro atoms. The predicted molar refractivity (Wildman–Crippen MR) is 103 cm³/mol. The molecule has 2 aromatic heterocycles. The van der Waals surface area contributed by atoms with Crippen LogP contribution in [0.25, 0.3) is 11.3 Å². The molecular weight excluding hydrogens is 356 g/mol. The van der Waals surface area contributed by atoms with Crippen molar-refractivity contribution in [1.82, 2.24) is 15.0 Å². The maximum atomic E-state index is 12.0. The molecule has 140 valence electrons. The molecule has 1 aliphatic rings. The maximum absolute atomic E-state index is 12.0. The van der Waals surface area contributed by atoms with Gasteiger partial charge in [-0.05, 0) is 31.5 Å². The number of carbonyl (C=O) groups excluding carboxylic acids is 1. The second-order valence-electron chi connectivity index (χ2n) is 6.53. The van der Waals surface area contributed by atoms with Crippen LogP contribution in [0.5, 0.6) is 0 Å². The van der Waals surface area contributed by atoms with Crippen molar-refractivity contribution in [1.29, 1.82) is 5.26 Å². The zero-order valence-electron chi connectivity index (χ0n) is 15.3. The summed E-state index contributed by atoms with van der Waals surface area (Å²) in [4.78, 5) is 26.5. The minimum Gasteiger partial charge on any atom is -0.423 e. The van der Waals surface area contributed by atoms with E-state index in [1.807, 2.05) is 42.2 Å². The number of nitrogens with one attached hydrogen (secondary N) is 1. The van der Waals surface area contributed by atoms with Gasteiger partial charge in [0, 0.05) is 30.4 Å². The highest BCUT2D eigenvalue weighted by Crippen LogP contribution is 2.29. The third kappa shape index (κ3) is 3.55. The number of benzene rings is 1. The number of hydrogen-bond acceptors (Lipinski definition) is 8. The number of carbonyl (C=O) groups is 1. The summed E-state index contributed by atoms with van der Waals surface area (Å²) in [5.41, 5.74) is 1.88. The molecule has 1 aliphatic heterocycles. The number of ketones is 1. The number of nitrogens with zero attached hydrogens (tertiary/aromatic N) is 5. The van der Waals surface area contributed by atoms with Crippen LogP contribution in [0.2, 0.25) is 0 Å². The topological polar surface area (TPSA) is 108 Å². The Bertz CT molecular complexity index is 1050. The van der Waals surface area contributed by atoms with Gasteiger partial charge >= 0.3 is 0 Å². The zero-order valence-corrected chi connectivity index (χ0v) is 15.3. The zero-order chi connectivity index (χ0) is 19.5. The van der Waals surface area contributed by atoms with Gasteiger partial charge in [0.2, 0.25) is 5.95 Å². The van der Waals surface area contributed by atoms with Crippen LogP contribution in [0.3, 0.4) is 0 Å². The van der Waals surface area contributed by atoms with Gasteiger partial charge < -0.3 is 14.6 Å². The summed E-state index contributed by atoms with van der Waals surface area (Å²) in [6.07, 6.45) is 4.60. The van der Waals surface area contributed by atoms with E-state index in [1.54, 1.807) is 12.3 Å². The number of hydrogen-bond donors (Lipinski definition) is 1. The molecule has 1 aromatic carbocycles. The third-order valence-electron chi connectivity index (χ3n) is 4.67. The van der Waals surface area contributed by atoms with Gasteiger partial charge in [0.1, 0.15) is 11.8 Å². The molecule has 0 aliphatic carbocycles. The molecule has 0 amide bonds. The van der Waals surface area contributed by atoms with Crippen molar-refractivity contribution in [2.75, 3.05) is 16.8 Å². The average molecular weight is 374 g/mol. The van der Waals surface area contributed by atoms with Crippen LogP contribution in [0.4, 0.5) is 17.7 Å². The van der Waals surface area contributed by atoms with E-state index in [2.05, 4.69) is 20.3 Å². The van der Waals surface area contributed by atoms with Crippen LogP contribution in [0, 0.1) is 11.3 Å². The Labute approximate surface area is 161 Å². The SMILES string of the molecule is CC1C(=O)CCCN1c1ncc(-c2cccc(Nc3nccc(C#N)n3)c2)o1. The standard InChI is InChI=1S/C20H18N6O2/c1-13-17(27)6-3-9-26(13)20-23-12-18(28-20)14-4-2-5-15(10-14)24-19-22-8-7-16(11-21)25-19/h2,4-5,7-8,10,12-13H,3,6,9H2,1H3,(H,22,24,25). The molecule has 8 nitrogen and oxygen atoms in total. The first-order valence-corrected chi connectivity index (χ1v) is 9.00. The molecule has 1 saturated heterocycles. The quantitative estimate of drug-likeness (QED) is 0.741. The minimum atomic E-state index is -0.224. The summed E-state index contributed by atoms with van der Waals surface area (Å²) in [5, 5.41) is 12.0. The second-order valence-corrected chi connectivity index (χ2v) is 6.53. The number of piperidine rings is 1. The fraction of sp³-hybridized carbons (Fsp3) is 0.250. The van der Waals surface area contributed by atoms with Crippen molar-refractivity contribution >= 4 is 23.4 Å². The van der Waals surface area contributed by atoms with Gasteiger partial charge in [-0.25, -0.2) is 15.0 Å². The van der Waals surface area contributed by atoms with E-state index in [1.165, 1.54) is 6.20 Å². The lowest BCUT2D eigenvalue weighted by Gasteiger charge is -2.30. The maximum Gasteiger partial charge on any atom is 0.298 e. The van der Waals surface area contributed by atoms with Crippen molar-refractivity contribution in [3.63, 3.8) is 0 Å². The number of oxazole rings is 1. The van der Waals surface area contributed by atoms with Crippen LogP contribution in [-0.4, -0.2) is 33.3 Å². The van der Waals surface area contributed by atoms with E-state index in [0.29, 0.717) is 29.8 Å². The number of rotatable bonds is 4. The molecule has 0 saturated carbocycles. The molecule has 3 heterocycles. The Morgan fingerprint density at radius 3 is 3.07 bits per heavy atom. The van der Waals surface area contributed by atoms with Gasteiger partial charge in [-0.3, -0.25) is 4.79 Å². The summed E-state index contributed by atoms with van der Waals surface area (Å²) in [6.45, 7) is 2.63. The van der Waals surface area contributed by atoms with E-state index < -0.39 is 0 Å². The van der Waals surface area contributed by atoms with Crippen LogP contribution < -0.4 is 10.2 Å². The van der Waals surface area contributed by atoms with Crippen LogP contribution in [-0.2, 0) is 4.79 Å². The smallest absolute Gasteiger partial charge is 0.298 e. The first-order valence-electron chi connectivity index (χ1n) is 9.00. The highest BCUT2D eigenvalue weighted by atomic mass is 16.4. The van der Waals surface area contributed by atoms with Crippen molar-refractivity contribution in [3.05, 3.63) is 48.4 Å². The Hall–Kier alpha value is -3.73. The fourth-order valence-corrected chi connectivity index (χ4v) is 3.15. The van der Waals surface area contributed by atoms with Gasteiger partial charge in [-0.2, -0.15) is 5.26 Å². The molecule has 8 heteroatoms. The molecule has 0 radical (unpaired) electrons. The molecule has 1 unspecified atom stereocenters. The van der Waals surface area contributed by atoms with Gasteiger partial charge in [-0.1, -0.05) is 12.1 Å². The van der Waals surface area contributed by atoms with Gasteiger partial charge in [0.25, 0.3) is 6.01 Å². The summed E-state index contributed by atoms with van der Waals surface area (Å²) in [6, 6.07) is 11.3. The number of anilines is 3. The largest absolute Gasteiger partial charge is 0.423 e. The van der Waals surface area contributed by atoms with Crippen molar-refractivity contribution in [2.45, 2.75) is 25.8 Å². The van der Waals surface area contributed by atoms with E-state index >= 15 is 0 Å². The number of Topliss-reactive ketones (excluding diaryl/α,β-unsaturated/α-hetero) is 1. The molecule has 1 N–H and O–H groups in total. The first-order chi connectivity index (χ1) is 13.6.